The number of likely N-dealkylation sites (tertiary alicyclic amines) is 1. The third kappa shape index (κ3) is 5.47. The molecule has 0 spiro atoms. The lowest BCUT2D eigenvalue weighted by Gasteiger charge is -2.39. The molecule has 1 N–H and O–H groups in total. The first kappa shape index (κ1) is 17.7. The number of rotatable bonds is 5. The Morgan fingerprint density at radius 1 is 1.48 bits per heavy atom. The van der Waals surface area contributed by atoms with Crippen molar-refractivity contribution < 1.29 is 23.1 Å². The van der Waals surface area contributed by atoms with Gasteiger partial charge in [-0.3, -0.25) is 9.69 Å². The van der Waals surface area contributed by atoms with Crippen LogP contribution in [0.3, 0.4) is 0 Å². The van der Waals surface area contributed by atoms with Crippen molar-refractivity contribution in [1.82, 2.24) is 24.8 Å². The molecule has 23 heavy (non-hydrogen) atoms. The molecule has 0 saturated carbocycles. The number of nitrogens with zero attached hydrogens (tertiary/aromatic N) is 5. The lowest BCUT2D eigenvalue weighted by atomic mass is 9.93. The second-order valence-corrected chi connectivity index (χ2v) is 6.00. The first-order chi connectivity index (χ1) is 10.7. The Bertz CT molecular complexity index is 522. The van der Waals surface area contributed by atoms with Crippen molar-refractivity contribution >= 4 is 5.91 Å². The molecule has 1 aliphatic heterocycles. The Morgan fingerprint density at radius 2 is 2.22 bits per heavy atom. The van der Waals surface area contributed by atoms with Gasteiger partial charge in [0.05, 0.1) is 24.9 Å². The van der Waals surface area contributed by atoms with Crippen molar-refractivity contribution in [2.75, 3.05) is 33.2 Å². The molecule has 0 radical (unpaired) electrons. The second-order valence-electron chi connectivity index (χ2n) is 6.00. The van der Waals surface area contributed by atoms with Crippen molar-refractivity contribution in [1.29, 1.82) is 0 Å². The molecular formula is C13H20F3N5O2. The smallest absolute Gasteiger partial charge is 0.387 e. The summed E-state index contributed by atoms with van der Waals surface area (Å²) in [5.74, 6) is -0.618. The average molecular weight is 335 g/mol. The van der Waals surface area contributed by atoms with E-state index in [4.69, 9.17) is 0 Å². The number of hydrogen-bond acceptors (Lipinski definition) is 5. The van der Waals surface area contributed by atoms with E-state index in [0.717, 1.165) is 7.05 Å². The fourth-order valence-corrected chi connectivity index (χ4v) is 2.76. The summed E-state index contributed by atoms with van der Waals surface area (Å²) in [4.78, 5) is 14.2. The molecule has 1 saturated heterocycles. The Kier molecular flexibility index (Phi) is 5.25. The molecule has 2 rings (SSSR count). The summed E-state index contributed by atoms with van der Waals surface area (Å²) in [6, 6.07) is 0. The highest BCUT2D eigenvalue weighted by molar-refractivity contribution is 5.78. The minimum atomic E-state index is -4.42. The first-order valence-electron chi connectivity index (χ1n) is 7.26. The van der Waals surface area contributed by atoms with Crippen LogP contribution in [0, 0.1) is 0 Å². The maximum Gasteiger partial charge on any atom is 0.406 e. The number of halogens is 3. The van der Waals surface area contributed by atoms with Gasteiger partial charge in [0, 0.05) is 19.8 Å². The molecule has 1 atom stereocenters. The van der Waals surface area contributed by atoms with E-state index in [1.165, 1.54) is 10.9 Å². The van der Waals surface area contributed by atoms with E-state index in [9.17, 15) is 23.1 Å². The molecule has 1 unspecified atom stereocenters. The fraction of sp³-hybridized carbons (Fsp3) is 0.769. The van der Waals surface area contributed by atoms with E-state index in [1.54, 1.807) is 11.1 Å². The van der Waals surface area contributed by atoms with Crippen LogP contribution in [0.2, 0.25) is 0 Å². The SMILES string of the molecule is CN(CC(F)(F)F)C(=O)CN1CCCC(O)(Cn2ccnn2)C1. The van der Waals surface area contributed by atoms with E-state index in [0.29, 0.717) is 24.3 Å². The molecule has 0 bridgehead atoms. The molecule has 130 valence electrons. The van der Waals surface area contributed by atoms with Crippen LogP contribution >= 0.6 is 0 Å². The summed E-state index contributed by atoms with van der Waals surface area (Å²) in [5.41, 5.74) is -1.07. The van der Waals surface area contributed by atoms with E-state index >= 15 is 0 Å². The monoisotopic (exact) mass is 335 g/mol. The van der Waals surface area contributed by atoms with Gasteiger partial charge in [0.1, 0.15) is 6.54 Å². The summed E-state index contributed by atoms with van der Waals surface area (Å²) in [6.45, 7) is -0.422. The molecule has 1 aromatic heterocycles. The van der Waals surface area contributed by atoms with Crippen LogP contribution in [0.1, 0.15) is 12.8 Å². The van der Waals surface area contributed by atoms with Crippen LogP contribution in [-0.2, 0) is 11.3 Å². The molecule has 1 aromatic rings. The van der Waals surface area contributed by atoms with Gasteiger partial charge < -0.3 is 10.0 Å². The number of carbonyl (C=O) groups excluding carboxylic acids is 1. The molecule has 1 amide bonds. The zero-order valence-electron chi connectivity index (χ0n) is 12.8. The third-order valence-corrected chi connectivity index (χ3v) is 3.76. The van der Waals surface area contributed by atoms with Gasteiger partial charge in [0.15, 0.2) is 0 Å². The van der Waals surface area contributed by atoms with Crippen molar-refractivity contribution in [3.63, 3.8) is 0 Å². The lowest BCUT2D eigenvalue weighted by molar-refractivity contribution is -0.160. The summed E-state index contributed by atoms with van der Waals surface area (Å²) in [6.07, 6.45) is -0.101. The largest absolute Gasteiger partial charge is 0.406 e. The number of aliphatic hydroxyl groups is 1. The minimum absolute atomic E-state index is 0.147. The first-order valence-corrected chi connectivity index (χ1v) is 7.26. The molecule has 0 aromatic carbocycles. The van der Waals surface area contributed by atoms with E-state index < -0.39 is 24.2 Å². The van der Waals surface area contributed by atoms with Crippen molar-refractivity contribution in [3.8, 4) is 0 Å². The standard InChI is InChI=1S/C13H20F3N5O2/c1-19(10-13(14,15)16)11(22)7-20-5-2-3-12(23,8-20)9-21-6-4-17-18-21/h4,6,23H,2-3,5,7-10H2,1H3. The van der Waals surface area contributed by atoms with Gasteiger partial charge in [-0.25, -0.2) is 4.68 Å². The maximum absolute atomic E-state index is 12.3. The molecule has 1 aliphatic rings. The minimum Gasteiger partial charge on any atom is -0.387 e. The van der Waals surface area contributed by atoms with E-state index in [2.05, 4.69) is 10.3 Å². The zero-order valence-corrected chi connectivity index (χ0v) is 12.8. The van der Waals surface area contributed by atoms with Crippen molar-refractivity contribution in [2.45, 2.75) is 31.2 Å². The van der Waals surface area contributed by atoms with Crippen LogP contribution in [0.5, 0.6) is 0 Å². The molecular weight excluding hydrogens is 315 g/mol. The summed E-state index contributed by atoms with van der Waals surface area (Å²) in [7, 11) is 1.13. The van der Waals surface area contributed by atoms with Crippen LogP contribution in [0.25, 0.3) is 0 Å². The predicted molar refractivity (Wildman–Crippen MR) is 74.3 cm³/mol. The van der Waals surface area contributed by atoms with Gasteiger partial charge in [-0.2, -0.15) is 13.2 Å². The average Bonchev–Trinajstić information content (AvgIpc) is 2.88. The predicted octanol–water partition coefficient (Wildman–Crippen LogP) is 0.126. The number of piperidine rings is 1. The number of likely N-dealkylation sites (N-methyl/N-ethyl adjacent to an activating group) is 1. The van der Waals surface area contributed by atoms with Crippen LogP contribution in [-0.4, -0.2) is 80.8 Å². The van der Waals surface area contributed by atoms with E-state index in [1.807, 2.05) is 0 Å². The second kappa shape index (κ2) is 6.83. The third-order valence-electron chi connectivity index (χ3n) is 3.76. The molecule has 1 fully saturated rings. The summed E-state index contributed by atoms with van der Waals surface area (Å²) >= 11 is 0. The Labute approximate surface area is 131 Å². The molecule has 7 nitrogen and oxygen atoms in total. The molecule has 2 heterocycles. The molecule has 0 aliphatic carbocycles. The van der Waals surface area contributed by atoms with Crippen molar-refractivity contribution in [3.05, 3.63) is 12.4 Å². The highest BCUT2D eigenvalue weighted by Crippen LogP contribution is 2.23. The van der Waals surface area contributed by atoms with Gasteiger partial charge in [-0.1, -0.05) is 5.21 Å². The maximum atomic E-state index is 12.3. The highest BCUT2D eigenvalue weighted by atomic mass is 19.4. The van der Waals surface area contributed by atoms with Crippen LogP contribution in [0.4, 0.5) is 13.2 Å². The van der Waals surface area contributed by atoms with Gasteiger partial charge in [-0.15, -0.1) is 5.10 Å². The van der Waals surface area contributed by atoms with Crippen molar-refractivity contribution in [2.24, 2.45) is 0 Å². The van der Waals surface area contributed by atoms with Crippen LogP contribution in [0.15, 0.2) is 12.4 Å². The summed E-state index contributed by atoms with van der Waals surface area (Å²) in [5, 5.41) is 18.1. The topological polar surface area (TPSA) is 74.5 Å². The Balaban J connectivity index is 1.89. The van der Waals surface area contributed by atoms with Crippen LogP contribution < -0.4 is 0 Å². The fourth-order valence-electron chi connectivity index (χ4n) is 2.76. The highest BCUT2D eigenvalue weighted by Gasteiger charge is 2.36. The number of alkyl halides is 3. The number of carbonyl (C=O) groups is 1. The number of amides is 1. The normalized spacial score (nSPS) is 23.0. The lowest BCUT2D eigenvalue weighted by Crippen LogP contribution is -2.53. The Morgan fingerprint density at radius 3 is 2.83 bits per heavy atom. The number of aromatic nitrogens is 3. The zero-order chi connectivity index (χ0) is 17.1. The van der Waals surface area contributed by atoms with E-state index in [-0.39, 0.29) is 19.6 Å². The van der Waals surface area contributed by atoms with Gasteiger partial charge >= 0.3 is 6.18 Å². The van der Waals surface area contributed by atoms with Gasteiger partial charge in [0.2, 0.25) is 5.91 Å². The number of hydrogen-bond donors (Lipinski definition) is 1. The quantitative estimate of drug-likeness (QED) is 0.828. The van der Waals surface area contributed by atoms with Gasteiger partial charge in [-0.05, 0) is 19.4 Å². The van der Waals surface area contributed by atoms with Gasteiger partial charge in [0.25, 0.3) is 0 Å². The molecule has 10 heteroatoms. The Hall–Kier alpha value is -1.68. The summed E-state index contributed by atoms with van der Waals surface area (Å²) < 4.78 is 38.5. The number of β-amino-alcohol motifs (C(OH)–C–C–N with tert-alkyl or cyclic N) is 1.